The summed E-state index contributed by atoms with van der Waals surface area (Å²) in [4.78, 5) is 13.8. The predicted octanol–water partition coefficient (Wildman–Crippen LogP) is 3.45. The Morgan fingerprint density at radius 3 is 2.84 bits per heavy atom. The van der Waals surface area contributed by atoms with Crippen molar-refractivity contribution in [2.45, 2.75) is 45.2 Å². The minimum absolute atomic E-state index is 0.819. The van der Waals surface area contributed by atoms with Crippen LogP contribution in [0.4, 0.5) is 5.69 Å². The summed E-state index contributed by atoms with van der Waals surface area (Å²) in [5.41, 5.74) is 4.32. The lowest BCUT2D eigenvalue weighted by Crippen LogP contribution is -2.41. The highest BCUT2D eigenvalue weighted by Crippen LogP contribution is 2.29. The molecule has 0 spiro atoms. The van der Waals surface area contributed by atoms with Crippen molar-refractivity contribution in [2.75, 3.05) is 25.0 Å². The van der Waals surface area contributed by atoms with Gasteiger partial charge in [0, 0.05) is 50.5 Å². The molecule has 4 rings (SSSR count). The normalized spacial score (nSPS) is 19.0. The van der Waals surface area contributed by atoms with E-state index in [0.717, 1.165) is 49.0 Å². The molecule has 0 atom stereocenters. The van der Waals surface area contributed by atoms with E-state index in [9.17, 15) is 0 Å². The van der Waals surface area contributed by atoms with Crippen molar-refractivity contribution >= 4 is 23.1 Å². The van der Waals surface area contributed by atoms with Gasteiger partial charge in [0.25, 0.3) is 0 Å². The summed E-state index contributed by atoms with van der Waals surface area (Å²) in [7, 11) is 1.78. The molecular formula is C20H27N5. The second-order valence-electron chi connectivity index (χ2n) is 7.20. The number of hydrogen-bond donors (Lipinski definition) is 0. The third-order valence-corrected chi connectivity index (χ3v) is 5.56. The minimum Gasteiger partial charge on any atom is -0.327 e. The summed E-state index contributed by atoms with van der Waals surface area (Å²) in [6.45, 7) is 9.37. The van der Waals surface area contributed by atoms with Gasteiger partial charge >= 0.3 is 0 Å². The zero-order chi connectivity index (χ0) is 17.4. The standard InChI is InChI=1S/C20H27N5/c1-15(2)25(14-21-3)17-7-8-19-18(13-17)22-20-9-10-23(11-12-24(19)20)16-5-4-6-16/h7-8,13-14,16H,1,4-6,9-12H2,2-3H3. The van der Waals surface area contributed by atoms with E-state index in [2.05, 4.69) is 39.2 Å². The first-order valence-corrected chi connectivity index (χ1v) is 9.27. The molecule has 1 fully saturated rings. The lowest BCUT2D eigenvalue weighted by molar-refractivity contribution is 0.130. The lowest BCUT2D eigenvalue weighted by Gasteiger charge is -2.36. The van der Waals surface area contributed by atoms with E-state index in [0.29, 0.717) is 0 Å². The van der Waals surface area contributed by atoms with Crippen molar-refractivity contribution in [3.63, 3.8) is 0 Å². The first-order chi connectivity index (χ1) is 12.2. The molecule has 1 aliphatic carbocycles. The van der Waals surface area contributed by atoms with Gasteiger partial charge < -0.3 is 9.47 Å². The van der Waals surface area contributed by atoms with Gasteiger partial charge in [0.1, 0.15) is 5.82 Å². The van der Waals surface area contributed by atoms with E-state index < -0.39 is 0 Å². The Hall–Kier alpha value is -2.14. The van der Waals surface area contributed by atoms with E-state index in [1.807, 2.05) is 11.8 Å². The second-order valence-corrected chi connectivity index (χ2v) is 7.20. The Kier molecular flexibility index (Phi) is 4.34. The van der Waals surface area contributed by atoms with Crippen molar-refractivity contribution in [1.82, 2.24) is 14.5 Å². The third kappa shape index (κ3) is 2.97. The molecule has 25 heavy (non-hydrogen) atoms. The maximum atomic E-state index is 4.95. The number of imidazole rings is 1. The highest BCUT2D eigenvalue weighted by atomic mass is 15.2. The van der Waals surface area contributed by atoms with Gasteiger partial charge in [0.15, 0.2) is 0 Å². The number of aromatic nitrogens is 2. The second kappa shape index (κ2) is 6.64. The van der Waals surface area contributed by atoms with Gasteiger partial charge in [-0.25, -0.2) is 4.98 Å². The molecule has 0 bridgehead atoms. The van der Waals surface area contributed by atoms with Gasteiger partial charge in [-0.15, -0.1) is 0 Å². The van der Waals surface area contributed by atoms with E-state index >= 15 is 0 Å². The largest absolute Gasteiger partial charge is 0.327 e. The molecule has 132 valence electrons. The number of allylic oxidation sites excluding steroid dienone is 1. The molecule has 2 aromatic rings. The molecule has 2 aliphatic rings. The summed E-state index contributed by atoms with van der Waals surface area (Å²) in [5.74, 6) is 1.22. The molecule has 2 heterocycles. The van der Waals surface area contributed by atoms with Crippen LogP contribution in [0.1, 0.15) is 32.0 Å². The smallest absolute Gasteiger partial charge is 0.111 e. The van der Waals surface area contributed by atoms with E-state index in [-0.39, 0.29) is 0 Å². The fraction of sp³-hybridized carbons (Fsp3) is 0.500. The first-order valence-electron chi connectivity index (χ1n) is 9.27. The summed E-state index contributed by atoms with van der Waals surface area (Å²) < 4.78 is 2.41. The summed E-state index contributed by atoms with van der Waals surface area (Å²) in [6.07, 6.45) is 7.00. The number of nitrogens with zero attached hydrogens (tertiary/aromatic N) is 5. The molecule has 0 amide bonds. The SMILES string of the molecule is C=C(C)N(C=NC)c1ccc2c(c1)nc1n2CCN(C2CCC2)CC1. The van der Waals surface area contributed by atoms with Gasteiger partial charge in [-0.05, 0) is 38.0 Å². The van der Waals surface area contributed by atoms with Crippen molar-refractivity contribution in [3.8, 4) is 0 Å². The Balaban J connectivity index is 1.63. The monoisotopic (exact) mass is 337 g/mol. The van der Waals surface area contributed by atoms with Crippen LogP contribution in [-0.2, 0) is 13.0 Å². The lowest BCUT2D eigenvalue weighted by atomic mass is 9.91. The number of benzene rings is 1. The molecule has 1 saturated carbocycles. The Morgan fingerprint density at radius 1 is 1.32 bits per heavy atom. The van der Waals surface area contributed by atoms with Crippen LogP contribution in [0, 0.1) is 0 Å². The summed E-state index contributed by atoms with van der Waals surface area (Å²) in [5, 5.41) is 0. The van der Waals surface area contributed by atoms with Crippen LogP contribution in [0.3, 0.4) is 0 Å². The van der Waals surface area contributed by atoms with Crippen molar-refractivity contribution < 1.29 is 0 Å². The number of fused-ring (bicyclic) bond motifs is 3. The molecule has 0 radical (unpaired) electrons. The van der Waals surface area contributed by atoms with E-state index in [1.54, 1.807) is 13.4 Å². The van der Waals surface area contributed by atoms with Crippen LogP contribution >= 0.6 is 0 Å². The number of anilines is 1. The molecular weight excluding hydrogens is 310 g/mol. The maximum Gasteiger partial charge on any atom is 0.111 e. The molecule has 1 aromatic heterocycles. The molecule has 0 saturated heterocycles. The van der Waals surface area contributed by atoms with E-state index in [4.69, 9.17) is 4.98 Å². The average molecular weight is 337 g/mol. The molecule has 1 aromatic carbocycles. The first kappa shape index (κ1) is 16.3. The van der Waals surface area contributed by atoms with Crippen molar-refractivity contribution in [2.24, 2.45) is 4.99 Å². The Morgan fingerprint density at radius 2 is 2.16 bits per heavy atom. The predicted molar refractivity (Wildman–Crippen MR) is 104 cm³/mol. The van der Waals surface area contributed by atoms with Crippen LogP contribution in [0.25, 0.3) is 11.0 Å². The van der Waals surface area contributed by atoms with Crippen LogP contribution in [0.15, 0.2) is 35.5 Å². The molecule has 0 N–H and O–H groups in total. The number of aliphatic imine (C=N–C) groups is 1. The maximum absolute atomic E-state index is 4.95. The zero-order valence-corrected chi connectivity index (χ0v) is 15.3. The summed E-state index contributed by atoms with van der Waals surface area (Å²) >= 11 is 0. The Labute approximate surface area is 149 Å². The van der Waals surface area contributed by atoms with Gasteiger partial charge in [-0.2, -0.15) is 0 Å². The van der Waals surface area contributed by atoms with Gasteiger partial charge in [-0.1, -0.05) is 13.0 Å². The quantitative estimate of drug-likeness (QED) is 0.633. The highest BCUT2D eigenvalue weighted by molar-refractivity contribution is 5.88. The van der Waals surface area contributed by atoms with Crippen molar-refractivity contribution in [3.05, 3.63) is 36.3 Å². The van der Waals surface area contributed by atoms with Crippen LogP contribution < -0.4 is 4.90 Å². The van der Waals surface area contributed by atoms with Crippen LogP contribution in [-0.4, -0.2) is 47.0 Å². The average Bonchev–Trinajstić information content (AvgIpc) is 2.77. The van der Waals surface area contributed by atoms with Gasteiger partial charge in [0.2, 0.25) is 0 Å². The highest BCUT2D eigenvalue weighted by Gasteiger charge is 2.27. The fourth-order valence-electron chi connectivity index (χ4n) is 3.96. The molecule has 0 unspecified atom stereocenters. The molecule has 1 aliphatic heterocycles. The van der Waals surface area contributed by atoms with Crippen LogP contribution in [0.2, 0.25) is 0 Å². The van der Waals surface area contributed by atoms with Crippen LogP contribution in [0.5, 0.6) is 0 Å². The van der Waals surface area contributed by atoms with Crippen molar-refractivity contribution in [1.29, 1.82) is 0 Å². The topological polar surface area (TPSA) is 36.7 Å². The van der Waals surface area contributed by atoms with Gasteiger partial charge in [0.05, 0.1) is 17.4 Å². The third-order valence-electron chi connectivity index (χ3n) is 5.56. The molecule has 5 nitrogen and oxygen atoms in total. The minimum atomic E-state index is 0.819. The number of rotatable bonds is 4. The zero-order valence-electron chi connectivity index (χ0n) is 15.3. The molecule has 5 heteroatoms. The number of hydrogen-bond acceptors (Lipinski definition) is 3. The summed E-state index contributed by atoms with van der Waals surface area (Å²) in [6, 6.07) is 7.30. The van der Waals surface area contributed by atoms with Gasteiger partial charge in [-0.3, -0.25) is 9.89 Å². The fourth-order valence-corrected chi connectivity index (χ4v) is 3.96. The van der Waals surface area contributed by atoms with E-state index in [1.165, 1.54) is 30.6 Å². The Bertz CT molecular complexity index is 815.